The Morgan fingerprint density at radius 1 is 1.24 bits per heavy atom. The number of nitrogens with zero attached hydrogens (tertiary/aromatic N) is 4. The van der Waals surface area contributed by atoms with Crippen molar-refractivity contribution in [2.45, 2.75) is 64.5 Å². The number of aryl methyl sites for hydroxylation is 1. The van der Waals surface area contributed by atoms with E-state index in [9.17, 15) is 14.7 Å². The summed E-state index contributed by atoms with van der Waals surface area (Å²) in [5.41, 5.74) is 0. The van der Waals surface area contributed by atoms with Gasteiger partial charge < -0.3 is 19.9 Å². The summed E-state index contributed by atoms with van der Waals surface area (Å²) in [7, 11) is 0. The molecule has 2 amide bonds. The summed E-state index contributed by atoms with van der Waals surface area (Å²) < 4.78 is 2.15. The maximum Gasteiger partial charge on any atom is 0.318 e. The number of aliphatic carboxylic acids is 1. The third-order valence-corrected chi connectivity index (χ3v) is 5.21. The van der Waals surface area contributed by atoms with Gasteiger partial charge in [0.25, 0.3) is 0 Å². The molecule has 0 radical (unpaired) electrons. The number of aromatic nitrogens is 3. The number of carbonyl (C=O) groups is 2. The highest BCUT2D eigenvalue weighted by Crippen LogP contribution is 2.22. The summed E-state index contributed by atoms with van der Waals surface area (Å²) in [4.78, 5) is 25.4. The van der Waals surface area contributed by atoms with Crippen LogP contribution in [0.3, 0.4) is 0 Å². The first-order valence-electron chi connectivity index (χ1n) is 9.30. The van der Waals surface area contributed by atoms with Gasteiger partial charge in [-0.1, -0.05) is 13.3 Å². The summed E-state index contributed by atoms with van der Waals surface area (Å²) in [5, 5.41) is 20.9. The lowest BCUT2D eigenvalue weighted by atomic mass is 9.99. The first-order chi connectivity index (χ1) is 12.1. The van der Waals surface area contributed by atoms with Crippen LogP contribution in [0.5, 0.6) is 0 Å². The predicted octanol–water partition coefficient (Wildman–Crippen LogP) is 1.96. The fraction of sp³-hybridized carbons (Fsp3) is 0.765. The minimum Gasteiger partial charge on any atom is -0.481 e. The first kappa shape index (κ1) is 17.7. The van der Waals surface area contributed by atoms with Gasteiger partial charge in [0.05, 0.1) is 12.0 Å². The number of amides is 2. The van der Waals surface area contributed by atoms with Crippen molar-refractivity contribution >= 4 is 12.0 Å². The fourth-order valence-electron chi connectivity index (χ4n) is 3.72. The average molecular weight is 349 g/mol. The molecular weight excluding hydrogens is 322 g/mol. The number of likely N-dealkylation sites (tertiary alicyclic amines) is 1. The molecule has 2 atom stereocenters. The Labute approximate surface area is 147 Å². The molecular formula is C17H27N5O3. The van der Waals surface area contributed by atoms with Gasteiger partial charge in [-0.25, -0.2) is 4.79 Å². The molecule has 1 aromatic heterocycles. The van der Waals surface area contributed by atoms with Crippen LogP contribution in [0.2, 0.25) is 0 Å². The number of nitrogens with one attached hydrogen (secondary N) is 1. The molecule has 0 aliphatic carbocycles. The van der Waals surface area contributed by atoms with Crippen LogP contribution in [-0.2, 0) is 17.8 Å². The van der Waals surface area contributed by atoms with Gasteiger partial charge in [0, 0.05) is 26.1 Å². The standard InChI is InChI=1S/C17H27N5O3/c1-2-13(15-20-19-14-8-4-3-5-10-22(14)15)18-17(25)21-9-6-7-12(11-21)16(23)24/h12-13H,2-11H2,1H3,(H,18,25)(H,23,24). The van der Waals surface area contributed by atoms with Crippen molar-refractivity contribution < 1.29 is 14.7 Å². The molecule has 2 unspecified atom stereocenters. The molecule has 3 heterocycles. The highest BCUT2D eigenvalue weighted by molar-refractivity contribution is 5.76. The van der Waals surface area contributed by atoms with Crippen molar-refractivity contribution in [1.82, 2.24) is 25.0 Å². The third kappa shape index (κ3) is 3.93. The van der Waals surface area contributed by atoms with Gasteiger partial charge in [0.2, 0.25) is 0 Å². The third-order valence-electron chi connectivity index (χ3n) is 5.21. The molecule has 2 N–H and O–H groups in total. The smallest absolute Gasteiger partial charge is 0.318 e. The summed E-state index contributed by atoms with van der Waals surface area (Å²) in [6, 6.07) is -0.402. The van der Waals surface area contributed by atoms with Crippen molar-refractivity contribution in [3.8, 4) is 0 Å². The fourth-order valence-corrected chi connectivity index (χ4v) is 3.72. The van der Waals surface area contributed by atoms with Crippen LogP contribution >= 0.6 is 0 Å². The largest absolute Gasteiger partial charge is 0.481 e. The number of hydrogen-bond acceptors (Lipinski definition) is 4. The molecule has 1 saturated heterocycles. The van der Waals surface area contributed by atoms with Crippen LogP contribution < -0.4 is 5.32 Å². The number of urea groups is 1. The molecule has 0 spiro atoms. The molecule has 3 rings (SSSR count). The number of fused-ring (bicyclic) bond motifs is 1. The molecule has 0 bridgehead atoms. The number of hydrogen-bond donors (Lipinski definition) is 2. The highest BCUT2D eigenvalue weighted by atomic mass is 16.4. The topological polar surface area (TPSA) is 100 Å². The summed E-state index contributed by atoms with van der Waals surface area (Å²) >= 11 is 0. The molecule has 8 nitrogen and oxygen atoms in total. The second-order valence-electron chi connectivity index (χ2n) is 6.97. The molecule has 1 fully saturated rings. The van der Waals surface area contributed by atoms with Crippen molar-refractivity contribution in [3.05, 3.63) is 11.6 Å². The monoisotopic (exact) mass is 349 g/mol. The molecule has 138 valence electrons. The van der Waals surface area contributed by atoms with Crippen LogP contribution in [0.25, 0.3) is 0 Å². The van der Waals surface area contributed by atoms with Gasteiger partial charge in [0.15, 0.2) is 5.82 Å². The summed E-state index contributed by atoms with van der Waals surface area (Å²) in [5.74, 6) is 0.528. The van der Waals surface area contributed by atoms with Gasteiger partial charge in [-0.05, 0) is 32.1 Å². The second kappa shape index (κ2) is 7.84. The van der Waals surface area contributed by atoms with E-state index in [-0.39, 0.29) is 18.6 Å². The Hall–Kier alpha value is -2.12. The molecule has 0 aromatic carbocycles. The van der Waals surface area contributed by atoms with E-state index in [0.717, 1.165) is 50.3 Å². The van der Waals surface area contributed by atoms with E-state index < -0.39 is 11.9 Å². The second-order valence-corrected chi connectivity index (χ2v) is 6.97. The summed E-state index contributed by atoms with van der Waals surface area (Å²) in [6.45, 7) is 3.79. The highest BCUT2D eigenvalue weighted by Gasteiger charge is 2.30. The first-order valence-corrected chi connectivity index (χ1v) is 9.30. The molecule has 8 heteroatoms. The number of carboxylic acids is 1. The molecule has 25 heavy (non-hydrogen) atoms. The van der Waals surface area contributed by atoms with Crippen LogP contribution in [-0.4, -0.2) is 49.9 Å². The Kier molecular flexibility index (Phi) is 5.55. The minimum absolute atomic E-state index is 0.197. The Morgan fingerprint density at radius 2 is 2.08 bits per heavy atom. The SMILES string of the molecule is CCC(NC(=O)N1CCCC(C(=O)O)C1)c1nnc2n1CCCCC2. The van der Waals surface area contributed by atoms with E-state index in [2.05, 4.69) is 20.1 Å². The number of piperidine rings is 1. The van der Waals surface area contributed by atoms with E-state index in [4.69, 9.17) is 0 Å². The molecule has 1 aromatic rings. The van der Waals surface area contributed by atoms with Crippen molar-refractivity contribution in [2.24, 2.45) is 5.92 Å². The Bertz CT molecular complexity index is 630. The van der Waals surface area contributed by atoms with Crippen LogP contribution in [0, 0.1) is 5.92 Å². The zero-order valence-corrected chi connectivity index (χ0v) is 14.8. The lowest BCUT2D eigenvalue weighted by Crippen LogP contribution is -2.48. The van der Waals surface area contributed by atoms with E-state index in [1.807, 2.05) is 6.92 Å². The normalized spacial score (nSPS) is 22.0. The van der Waals surface area contributed by atoms with Crippen LogP contribution in [0.1, 0.15) is 63.1 Å². The van der Waals surface area contributed by atoms with E-state index >= 15 is 0 Å². The average Bonchev–Trinajstić information content (AvgIpc) is 2.87. The van der Waals surface area contributed by atoms with E-state index in [1.54, 1.807) is 4.90 Å². The number of rotatable bonds is 4. The van der Waals surface area contributed by atoms with Gasteiger partial charge in [-0.3, -0.25) is 4.79 Å². The zero-order valence-electron chi connectivity index (χ0n) is 14.8. The zero-order chi connectivity index (χ0) is 17.8. The Balaban J connectivity index is 1.69. The maximum absolute atomic E-state index is 12.6. The van der Waals surface area contributed by atoms with Gasteiger partial charge in [0.1, 0.15) is 5.82 Å². The van der Waals surface area contributed by atoms with Crippen LogP contribution in [0.15, 0.2) is 0 Å². The quantitative estimate of drug-likeness (QED) is 0.865. The molecule has 2 aliphatic heterocycles. The molecule has 0 saturated carbocycles. The van der Waals surface area contributed by atoms with E-state index in [1.165, 1.54) is 6.42 Å². The van der Waals surface area contributed by atoms with Gasteiger partial charge >= 0.3 is 12.0 Å². The minimum atomic E-state index is -0.827. The summed E-state index contributed by atoms with van der Waals surface area (Å²) in [6.07, 6.45) is 6.44. The van der Waals surface area contributed by atoms with E-state index in [0.29, 0.717) is 13.0 Å². The van der Waals surface area contributed by atoms with Gasteiger partial charge in [-0.2, -0.15) is 0 Å². The number of carbonyl (C=O) groups excluding carboxylic acids is 1. The lowest BCUT2D eigenvalue weighted by molar-refractivity contribution is -0.143. The van der Waals surface area contributed by atoms with Crippen molar-refractivity contribution in [3.63, 3.8) is 0 Å². The van der Waals surface area contributed by atoms with Crippen LogP contribution in [0.4, 0.5) is 4.79 Å². The molecule has 2 aliphatic rings. The van der Waals surface area contributed by atoms with Gasteiger partial charge in [-0.15, -0.1) is 10.2 Å². The van der Waals surface area contributed by atoms with Crippen molar-refractivity contribution in [2.75, 3.05) is 13.1 Å². The van der Waals surface area contributed by atoms with Crippen molar-refractivity contribution in [1.29, 1.82) is 0 Å². The predicted molar refractivity (Wildman–Crippen MR) is 91.1 cm³/mol. The number of carboxylic acid groups (broad SMARTS) is 1. The lowest BCUT2D eigenvalue weighted by Gasteiger charge is -2.32. The Morgan fingerprint density at radius 3 is 2.84 bits per heavy atom. The maximum atomic E-state index is 12.6.